The Morgan fingerprint density at radius 2 is 0.976 bits per heavy atom. The number of aryl methyl sites for hydroxylation is 2. The smallest absolute Gasteiger partial charge is 0.123 e. The second kappa shape index (κ2) is 16.0. The van der Waals surface area contributed by atoms with E-state index in [1.54, 1.807) is 14.2 Å². The zero-order valence-electron chi connectivity index (χ0n) is 24.7. The molecule has 0 saturated carbocycles. The summed E-state index contributed by atoms with van der Waals surface area (Å²) in [6.45, 7) is 5.62. The molecule has 0 amide bonds. The predicted octanol–water partition coefficient (Wildman–Crippen LogP) is 9.55. The van der Waals surface area contributed by atoms with Gasteiger partial charge in [0.15, 0.2) is 0 Å². The zero-order chi connectivity index (χ0) is 28.9. The van der Waals surface area contributed by atoms with Crippen LogP contribution in [0.15, 0.2) is 97.1 Å². The van der Waals surface area contributed by atoms with Gasteiger partial charge in [-0.15, -0.1) is 11.8 Å². The van der Waals surface area contributed by atoms with Crippen LogP contribution in [0.4, 0.5) is 0 Å². The first-order chi connectivity index (χ1) is 20.1. The van der Waals surface area contributed by atoms with Crippen molar-refractivity contribution in [3.63, 3.8) is 0 Å². The Bertz CT molecular complexity index is 1220. The number of benzene rings is 4. The van der Waals surface area contributed by atoms with Crippen molar-refractivity contribution >= 4 is 11.8 Å². The third kappa shape index (κ3) is 9.22. The first kappa shape index (κ1) is 30.4. The molecule has 0 bridgehead atoms. The molecule has 4 nitrogen and oxygen atoms in total. The SMILES string of the molecule is COc1ccc(C)cc1C(CCCOc1ccccc1)SC(CCCOc1ccccc1)c1cc(C)ccc1OC. The van der Waals surface area contributed by atoms with E-state index in [0.717, 1.165) is 48.7 Å². The van der Waals surface area contributed by atoms with Crippen LogP contribution in [-0.4, -0.2) is 27.4 Å². The third-order valence-electron chi connectivity index (χ3n) is 7.04. The van der Waals surface area contributed by atoms with Gasteiger partial charge in [-0.1, -0.05) is 71.8 Å². The van der Waals surface area contributed by atoms with Crippen LogP contribution >= 0.6 is 11.8 Å². The number of hydrogen-bond donors (Lipinski definition) is 0. The molecule has 0 fully saturated rings. The lowest BCUT2D eigenvalue weighted by atomic mass is 10.0. The Balaban J connectivity index is 1.56. The second-order valence-electron chi connectivity index (χ2n) is 10.2. The van der Waals surface area contributed by atoms with E-state index in [1.807, 2.05) is 72.4 Å². The summed E-state index contributed by atoms with van der Waals surface area (Å²) in [6.07, 6.45) is 3.78. The Morgan fingerprint density at radius 1 is 0.561 bits per heavy atom. The summed E-state index contributed by atoms with van der Waals surface area (Å²) < 4.78 is 23.9. The summed E-state index contributed by atoms with van der Waals surface area (Å²) in [5, 5.41) is 0.434. The summed E-state index contributed by atoms with van der Waals surface area (Å²) in [5.41, 5.74) is 4.92. The minimum atomic E-state index is 0.217. The molecule has 2 unspecified atom stereocenters. The molecular formula is C36H42O4S. The third-order valence-corrected chi connectivity index (χ3v) is 8.67. The molecule has 4 aromatic carbocycles. The van der Waals surface area contributed by atoms with Gasteiger partial charge in [-0.25, -0.2) is 0 Å². The number of para-hydroxylation sites is 2. The van der Waals surface area contributed by atoms with E-state index >= 15 is 0 Å². The molecule has 2 atom stereocenters. The lowest BCUT2D eigenvalue weighted by molar-refractivity contribution is 0.304. The lowest BCUT2D eigenvalue weighted by Gasteiger charge is -2.27. The largest absolute Gasteiger partial charge is 0.496 e. The lowest BCUT2D eigenvalue weighted by Crippen LogP contribution is -2.08. The number of methoxy groups -OCH3 is 2. The van der Waals surface area contributed by atoms with Gasteiger partial charge in [0.25, 0.3) is 0 Å². The van der Waals surface area contributed by atoms with Crippen molar-refractivity contribution in [2.75, 3.05) is 27.4 Å². The van der Waals surface area contributed by atoms with E-state index in [2.05, 4.69) is 50.2 Å². The fourth-order valence-corrected chi connectivity index (χ4v) is 6.62. The number of thioether (sulfide) groups is 1. The Labute approximate surface area is 250 Å². The fraction of sp³-hybridized carbons (Fsp3) is 0.333. The predicted molar refractivity (Wildman–Crippen MR) is 171 cm³/mol. The van der Waals surface area contributed by atoms with E-state index in [1.165, 1.54) is 22.3 Å². The van der Waals surface area contributed by atoms with Gasteiger partial charge in [0.1, 0.15) is 23.0 Å². The van der Waals surface area contributed by atoms with Crippen molar-refractivity contribution in [3.05, 3.63) is 119 Å². The average molecular weight is 571 g/mol. The molecule has 4 aromatic rings. The number of ether oxygens (including phenoxy) is 4. The maximum atomic E-state index is 6.06. The van der Waals surface area contributed by atoms with Crippen LogP contribution in [0.5, 0.6) is 23.0 Å². The van der Waals surface area contributed by atoms with Crippen molar-refractivity contribution in [1.82, 2.24) is 0 Å². The van der Waals surface area contributed by atoms with Crippen LogP contribution in [0.3, 0.4) is 0 Å². The first-order valence-corrected chi connectivity index (χ1v) is 15.3. The molecule has 4 rings (SSSR count). The van der Waals surface area contributed by atoms with Crippen LogP contribution in [0.25, 0.3) is 0 Å². The highest BCUT2D eigenvalue weighted by Gasteiger charge is 2.25. The summed E-state index contributed by atoms with van der Waals surface area (Å²) in [4.78, 5) is 0. The maximum absolute atomic E-state index is 6.06. The Kier molecular flexibility index (Phi) is 11.9. The Morgan fingerprint density at radius 3 is 1.37 bits per heavy atom. The zero-order valence-corrected chi connectivity index (χ0v) is 25.5. The molecular weight excluding hydrogens is 528 g/mol. The van der Waals surface area contributed by atoms with E-state index in [0.29, 0.717) is 13.2 Å². The standard InChI is InChI=1S/C36H42O4S/c1-27-19-21-33(37-3)31(25-27)35(17-11-23-39-29-13-7-5-8-14-29)41-36(32-26-28(2)20-22-34(32)38-4)18-12-24-40-30-15-9-6-10-16-30/h5-10,13-16,19-22,25-26,35-36H,11-12,17-18,23-24H2,1-4H3. The van der Waals surface area contributed by atoms with Crippen molar-refractivity contribution in [3.8, 4) is 23.0 Å². The molecule has 0 radical (unpaired) electrons. The highest BCUT2D eigenvalue weighted by atomic mass is 32.2. The second-order valence-corrected chi connectivity index (χ2v) is 11.6. The minimum absolute atomic E-state index is 0.217. The number of rotatable bonds is 16. The van der Waals surface area contributed by atoms with Gasteiger partial charge >= 0.3 is 0 Å². The van der Waals surface area contributed by atoms with Gasteiger partial charge in [-0.2, -0.15) is 0 Å². The van der Waals surface area contributed by atoms with Gasteiger partial charge in [0.05, 0.1) is 27.4 Å². The highest BCUT2D eigenvalue weighted by molar-refractivity contribution is 7.99. The summed E-state index contributed by atoms with van der Waals surface area (Å²) >= 11 is 1.99. The van der Waals surface area contributed by atoms with Gasteiger partial charge in [-0.05, 0) is 75.9 Å². The van der Waals surface area contributed by atoms with Crippen LogP contribution in [0, 0.1) is 13.8 Å². The fourth-order valence-electron chi connectivity index (χ4n) is 4.95. The monoisotopic (exact) mass is 570 g/mol. The van der Waals surface area contributed by atoms with Gasteiger partial charge in [0, 0.05) is 21.6 Å². The molecule has 0 aliphatic heterocycles. The first-order valence-electron chi connectivity index (χ1n) is 14.4. The molecule has 0 aliphatic rings. The Hall–Kier alpha value is -3.57. The molecule has 0 saturated heterocycles. The summed E-state index contributed by atoms with van der Waals surface area (Å²) in [6, 6.07) is 33.0. The van der Waals surface area contributed by atoms with E-state index in [9.17, 15) is 0 Å². The molecule has 0 spiro atoms. The topological polar surface area (TPSA) is 36.9 Å². The number of hydrogen-bond acceptors (Lipinski definition) is 5. The molecule has 0 aliphatic carbocycles. The van der Waals surface area contributed by atoms with Crippen LogP contribution < -0.4 is 18.9 Å². The van der Waals surface area contributed by atoms with E-state index in [-0.39, 0.29) is 10.5 Å². The maximum Gasteiger partial charge on any atom is 0.123 e. The molecule has 5 heteroatoms. The molecule has 0 heterocycles. The van der Waals surface area contributed by atoms with Crippen LogP contribution in [0.2, 0.25) is 0 Å². The van der Waals surface area contributed by atoms with Gasteiger partial charge in [0.2, 0.25) is 0 Å². The van der Waals surface area contributed by atoms with Gasteiger partial charge in [-0.3, -0.25) is 0 Å². The van der Waals surface area contributed by atoms with Crippen molar-refractivity contribution < 1.29 is 18.9 Å². The average Bonchev–Trinajstić information content (AvgIpc) is 3.01. The van der Waals surface area contributed by atoms with Crippen LogP contribution in [0.1, 0.15) is 58.4 Å². The van der Waals surface area contributed by atoms with Crippen molar-refractivity contribution in [2.24, 2.45) is 0 Å². The summed E-state index contributed by atoms with van der Waals surface area (Å²) in [5.74, 6) is 3.68. The van der Waals surface area contributed by atoms with E-state index < -0.39 is 0 Å². The molecule has 0 N–H and O–H groups in total. The minimum Gasteiger partial charge on any atom is -0.496 e. The summed E-state index contributed by atoms with van der Waals surface area (Å²) in [7, 11) is 3.52. The highest BCUT2D eigenvalue weighted by Crippen LogP contribution is 2.49. The quantitative estimate of drug-likeness (QED) is 0.125. The van der Waals surface area contributed by atoms with Crippen molar-refractivity contribution in [1.29, 1.82) is 0 Å². The van der Waals surface area contributed by atoms with E-state index in [4.69, 9.17) is 18.9 Å². The normalized spacial score (nSPS) is 12.4. The van der Waals surface area contributed by atoms with Gasteiger partial charge < -0.3 is 18.9 Å². The molecule has 0 aromatic heterocycles. The van der Waals surface area contributed by atoms with Crippen LogP contribution in [-0.2, 0) is 0 Å². The van der Waals surface area contributed by atoms with Crippen molar-refractivity contribution in [2.45, 2.75) is 50.0 Å². The molecule has 41 heavy (non-hydrogen) atoms. The molecule has 216 valence electrons.